The van der Waals surface area contributed by atoms with E-state index >= 15 is 0 Å². The van der Waals surface area contributed by atoms with Crippen molar-refractivity contribution in [1.29, 1.82) is 0 Å². The Bertz CT molecular complexity index is 593. The van der Waals surface area contributed by atoms with Crippen LogP contribution in [0.3, 0.4) is 0 Å². The van der Waals surface area contributed by atoms with E-state index in [1.54, 1.807) is 0 Å². The third-order valence-corrected chi connectivity index (χ3v) is 4.30. The van der Waals surface area contributed by atoms with E-state index in [-0.39, 0.29) is 10.8 Å². The zero-order chi connectivity index (χ0) is 20.1. The fourth-order valence-electron chi connectivity index (χ4n) is 2.21. The molecular weight excluding hydrogens is 318 g/mol. The summed E-state index contributed by atoms with van der Waals surface area (Å²) in [5, 5.41) is 0. The van der Waals surface area contributed by atoms with Gasteiger partial charge in [0.05, 0.1) is 0 Å². The van der Waals surface area contributed by atoms with Crippen molar-refractivity contribution in [2.75, 3.05) is 0 Å². The molecule has 0 amide bonds. The van der Waals surface area contributed by atoms with Crippen molar-refractivity contribution < 1.29 is 0 Å². The molecule has 0 bridgehead atoms. The Morgan fingerprint density at radius 1 is 0.615 bits per heavy atom. The second-order valence-electron chi connectivity index (χ2n) is 9.61. The molecule has 3 heteroatoms. The maximum absolute atomic E-state index is 4.44. The molecule has 2 aromatic heterocycles. The molecule has 2 rings (SSSR count). The van der Waals surface area contributed by atoms with Crippen molar-refractivity contribution >= 4 is 0 Å². The molecule has 0 N–H and O–H groups in total. The van der Waals surface area contributed by atoms with Crippen LogP contribution in [0.5, 0.6) is 0 Å². The Labute approximate surface area is 160 Å². The Kier molecular flexibility index (Phi) is 7.49. The SMILES string of the molecule is CC(C)c1ccc(C(C)(C)C)cn1.CC(C)c1ncc(C(C)(C)C)cn1. The number of hydrogen-bond acceptors (Lipinski definition) is 3. The van der Waals surface area contributed by atoms with Crippen LogP contribution in [0.1, 0.15) is 104 Å². The van der Waals surface area contributed by atoms with E-state index in [9.17, 15) is 0 Å². The molecule has 0 saturated carbocycles. The number of rotatable bonds is 2. The van der Waals surface area contributed by atoms with Gasteiger partial charge < -0.3 is 0 Å². The molecule has 3 nitrogen and oxygen atoms in total. The Morgan fingerprint density at radius 3 is 1.38 bits per heavy atom. The summed E-state index contributed by atoms with van der Waals surface area (Å²) in [7, 11) is 0. The van der Waals surface area contributed by atoms with E-state index in [1.165, 1.54) is 16.8 Å². The molecular formula is C23H37N3. The van der Waals surface area contributed by atoms with Gasteiger partial charge in [0.15, 0.2) is 0 Å². The van der Waals surface area contributed by atoms with Gasteiger partial charge >= 0.3 is 0 Å². The first-order valence-corrected chi connectivity index (χ1v) is 9.61. The predicted molar refractivity (Wildman–Crippen MR) is 112 cm³/mol. The van der Waals surface area contributed by atoms with Crippen molar-refractivity contribution in [3.05, 3.63) is 53.4 Å². The van der Waals surface area contributed by atoms with E-state index in [0.717, 1.165) is 5.82 Å². The molecule has 0 aliphatic heterocycles. The highest BCUT2D eigenvalue weighted by atomic mass is 14.9. The average Bonchev–Trinajstić information content (AvgIpc) is 2.54. The number of nitrogens with zero attached hydrogens (tertiary/aromatic N) is 3. The van der Waals surface area contributed by atoms with Crippen LogP contribution in [0, 0.1) is 0 Å². The fourth-order valence-corrected chi connectivity index (χ4v) is 2.21. The minimum Gasteiger partial charge on any atom is -0.261 e. The maximum atomic E-state index is 4.44. The molecule has 144 valence electrons. The van der Waals surface area contributed by atoms with E-state index in [1.807, 2.05) is 18.6 Å². The molecule has 2 aromatic rings. The number of aromatic nitrogens is 3. The van der Waals surface area contributed by atoms with Crippen molar-refractivity contribution in [3.8, 4) is 0 Å². The van der Waals surface area contributed by atoms with Crippen LogP contribution in [-0.2, 0) is 10.8 Å². The van der Waals surface area contributed by atoms with Crippen LogP contribution in [0.25, 0.3) is 0 Å². The summed E-state index contributed by atoms with van der Waals surface area (Å²) >= 11 is 0. The number of pyridine rings is 1. The Hall–Kier alpha value is -1.77. The summed E-state index contributed by atoms with van der Waals surface area (Å²) in [6, 6.07) is 4.31. The lowest BCUT2D eigenvalue weighted by atomic mass is 9.88. The van der Waals surface area contributed by atoms with Gasteiger partial charge in [-0.05, 0) is 33.9 Å². The largest absolute Gasteiger partial charge is 0.261 e. The predicted octanol–water partition coefficient (Wildman–Crippen LogP) is 6.40. The van der Waals surface area contributed by atoms with Crippen LogP contribution < -0.4 is 0 Å². The minimum atomic E-state index is 0.148. The summed E-state index contributed by atoms with van der Waals surface area (Å²) in [5.41, 5.74) is 4.03. The standard InChI is InChI=1S/C12H19N.C11H18N2/c1-9(2)11-7-6-10(8-13-11)12(3,4)5;1-8(2)10-12-6-9(7-13-10)11(3,4)5/h6-9H,1-5H3;6-8H,1-5H3. The van der Waals surface area contributed by atoms with E-state index in [0.29, 0.717) is 11.8 Å². The summed E-state index contributed by atoms with van der Waals surface area (Å²) < 4.78 is 0. The maximum Gasteiger partial charge on any atom is 0.130 e. The molecule has 0 saturated heterocycles. The summed E-state index contributed by atoms with van der Waals surface area (Å²) in [5.74, 6) is 1.86. The average molecular weight is 356 g/mol. The van der Waals surface area contributed by atoms with E-state index in [4.69, 9.17) is 0 Å². The van der Waals surface area contributed by atoms with Gasteiger partial charge in [-0.3, -0.25) is 4.98 Å². The Morgan fingerprint density at radius 2 is 1.08 bits per heavy atom. The van der Waals surface area contributed by atoms with Crippen LogP contribution in [0.15, 0.2) is 30.7 Å². The quantitative estimate of drug-likeness (QED) is 0.625. The van der Waals surface area contributed by atoms with Crippen LogP contribution in [-0.4, -0.2) is 15.0 Å². The molecule has 2 heterocycles. The first-order chi connectivity index (χ1) is 11.8. The normalized spacial score (nSPS) is 12.2. The highest BCUT2D eigenvalue weighted by Gasteiger charge is 2.15. The summed E-state index contributed by atoms with van der Waals surface area (Å²) in [4.78, 5) is 13.1. The molecule has 0 aliphatic rings. The third kappa shape index (κ3) is 6.86. The van der Waals surface area contributed by atoms with Crippen LogP contribution in [0.2, 0.25) is 0 Å². The van der Waals surface area contributed by atoms with Crippen LogP contribution in [0.4, 0.5) is 0 Å². The molecule has 0 unspecified atom stereocenters. The number of hydrogen-bond donors (Lipinski definition) is 0. The van der Waals surface area contributed by atoms with Crippen molar-refractivity contribution in [1.82, 2.24) is 15.0 Å². The molecule has 26 heavy (non-hydrogen) atoms. The minimum absolute atomic E-state index is 0.148. The molecule has 0 spiro atoms. The van der Waals surface area contributed by atoms with Gasteiger partial charge in [-0.1, -0.05) is 75.3 Å². The van der Waals surface area contributed by atoms with Gasteiger partial charge in [0.25, 0.3) is 0 Å². The fraction of sp³-hybridized carbons (Fsp3) is 0.609. The highest BCUT2D eigenvalue weighted by Crippen LogP contribution is 2.22. The second-order valence-corrected chi connectivity index (χ2v) is 9.61. The molecule has 0 fully saturated rings. The lowest BCUT2D eigenvalue weighted by Crippen LogP contribution is -2.12. The monoisotopic (exact) mass is 355 g/mol. The van der Waals surface area contributed by atoms with E-state index in [2.05, 4.69) is 96.3 Å². The lowest BCUT2D eigenvalue weighted by molar-refractivity contribution is 0.580. The van der Waals surface area contributed by atoms with Crippen molar-refractivity contribution in [2.45, 2.75) is 91.9 Å². The van der Waals surface area contributed by atoms with Gasteiger partial charge in [-0.15, -0.1) is 0 Å². The molecule has 0 aromatic carbocycles. The summed E-state index contributed by atoms with van der Waals surface area (Å²) in [6.07, 6.45) is 5.86. The first-order valence-electron chi connectivity index (χ1n) is 9.61. The highest BCUT2D eigenvalue weighted by molar-refractivity contribution is 5.22. The second kappa shape index (κ2) is 8.75. The lowest BCUT2D eigenvalue weighted by Gasteiger charge is -2.18. The van der Waals surface area contributed by atoms with Crippen LogP contribution >= 0.6 is 0 Å². The van der Waals surface area contributed by atoms with Gasteiger partial charge in [0, 0.05) is 30.2 Å². The van der Waals surface area contributed by atoms with Gasteiger partial charge in [-0.25, -0.2) is 9.97 Å². The topological polar surface area (TPSA) is 38.7 Å². The van der Waals surface area contributed by atoms with Crippen molar-refractivity contribution in [2.24, 2.45) is 0 Å². The smallest absolute Gasteiger partial charge is 0.130 e. The first kappa shape index (κ1) is 22.3. The Balaban J connectivity index is 0.000000260. The molecule has 0 radical (unpaired) electrons. The molecule has 0 aliphatic carbocycles. The van der Waals surface area contributed by atoms with Crippen molar-refractivity contribution in [3.63, 3.8) is 0 Å². The van der Waals surface area contributed by atoms with E-state index < -0.39 is 0 Å². The van der Waals surface area contributed by atoms with Gasteiger partial charge in [0.2, 0.25) is 0 Å². The zero-order valence-electron chi connectivity index (χ0n) is 18.4. The molecule has 0 atom stereocenters. The third-order valence-electron chi connectivity index (χ3n) is 4.30. The summed E-state index contributed by atoms with van der Waals surface area (Å²) in [6.45, 7) is 21.7. The van der Waals surface area contributed by atoms with Gasteiger partial charge in [0.1, 0.15) is 5.82 Å². The van der Waals surface area contributed by atoms with Gasteiger partial charge in [-0.2, -0.15) is 0 Å². The zero-order valence-corrected chi connectivity index (χ0v) is 18.4.